The van der Waals surface area contributed by atoms with Crippen LogP contribution in [0.25, 0.3) is 0 Å². The first-order chi connectivity index (χ1) is 15.4. The third-order valence-corrected chi connectivity index (χ3v) is 5.96. The average molecular weight is 460 g/mol. The van der Waals surface area contributed by atoms with Crippen LogP contribution in [0.4, 0.5) is 4.79 Å². The van der Waals surface area contributed by atoms with E-state index in [4.69, 9.17) is 4.74 Å². The van der Waals surface area contributed by atoms with Crippen LogP contribution in [-0.4, -0.2) is 47.0 Å². The Bertz CT molecular complexity index is 840. The number of nitrogens with one attached hydrogen (secondary N) is 2. The highest BCUT2D eigenvalue weighted by Gasteiger charge is 2.35. The highest BCUT2D eigenvalue weighted by Crippen LogP contribution is 2.27. The summed E-state index contributed by atoms with van der Waals surface area (Å²) in [7, 11) is 0. The van der Waals surface area contributed by atoms with Gasteiger partial charge in [0.1, 0.15) is 17.7 Å². The summed E-state index contributed by atoms with van der Waals surface area (Å²) in [5.41, 5.74) is 2.18. The van der Waals surface area contributed by atoms with Gasteiger partial charge in [0.15, 0.2) is 0 Å². The zero-order chi connectivity index (χ0) is 24.8. The van der Waals surface area contributed by atoms with E-state index >= 15 is 0 Å². The summed E-state index contributed by atoms with van der Waals surface area (Å²) in [4.78, 5) is 40.8. The number of ether oxygens (including phenoxy) is 1. The van der Waals surface area contributed by atoms with E-state index < -0.39 is 23.8 Å². The minimum Gasteiger partial charge on any atom is -0.444 e. The summed E-state index contributed by atoms with van der Waals surface area (Å²) >= 11 is 0. The van der Waals surface area contributed by atoms with Gasteiger partial charge < -0.3 is 20.3 Å². The van der Waals surface area contributed by atoms with E-state index in [1.165, 1.54) is 6.42 Å². The zero-order valence-electron chi connectivity index (χ0n) is 21.3. The zero-order valence-corrected chi connectivity index (χ0v) is 21.3. The van der Waals surface area contributed by atoms with Gasteiger partial charge in [-0.15, -0.1) is 0 Å². The number of hydrogen-bond acceptors (Lipinski definition) is 4. The standard InChI is InChI=1S/C26H41N3O4/c1-8-29(24(31)19(4)27-25(32)33-26(5,6)7)22(21-15-14-17(2)16-18(21)3)23(30)28-20-12-10-9-11-13-20/h14-16,19-20,22H,8-13H2,1-7H3,(H,27,32)(H,28,30). The summed E-state index contributed by atoms with van der Waals surface area (Å²) in [6, 6.07) is 4.44. The normalized spacial score (nSPS) is 16.5. The second-order valence-corrected chi connectivity index (χ2v) is 10.1. The first kappa shape index (κ1) is 26.7. The van der Waals surface area contributed by atoms with Crippen molar-refractivity contribution in [2.45, 2.75) is 104 Å². The molecule has 3 amide bonds. The first-order valence-electron chi connectivity index (χ1n) is 12.1. The van der Waals surface area contributed by atoms with E-state index in [0.29, 0.717) is 6.54 Å². The van der Waals surface area contributed by atoms with Crippen molar-refractivity contribution in [3.05, 3.63) is 34.9 Å². The lowest BCUT2D eigenvalue weighted by Crippen LogP contribution is -2.53. The van der Waals surface area contributed by atoms with Gasteiger partial charge in [0.2, 0.25) is 11.8 Å². The molecule has 0 bridgehead atoms. The molecule has 2 N–H and O–H groups in total. The molecule has 0 spiro atoms. The van der Waals surface area contributed by atoms with Crippen LogP contribution in [0.5, 0.6) is 0 Å². The predicted octanol–water partition coefficient (Wildman–Crippen LogP) is 4.56. The summed E-state index contributed by atoms with van der Waals surface area (Å²) in [6.07, 6.45) is 4.66. The lowest BCUT2D eigenvalue weighted by molar-refractivity contribution is -0.142. The fraction of sp³-hybridized carbons (Fsp3) is 0.654. The van der Waals surface area contributed by atoms with E-state index in [-0.39, 0.29) is 17.9 Å². The number of alkyl carbamates (subject to hydrolysis) is 1. The second kappa shape index (κ2) is 11.5. The van der Waals surface area contributed by atoms with Crippen molar-refractivity contribution in [1.82, 2.24) is 15.5 Å². The lowest BCUT2D eigenvalue weighted by Gasteiger charge is -2.35. The third kappa shape index (κ3) is 7.76. The highest BCUT2D eigenvalue weighted by molar-refractivity contribution is 5.92. The topological polar surface area (TPSA) is 87.7 Å². The Hall–Kier alpha value is -2.57. The average Bonchev–Trinajstić information content (AvgIpc) is 2.71. The smallest absolute Gasteiger partial charge is 0.408 e. The number of benzene rings is 1. The molecular formula is C26H41N3O4. The van der Waals surface area contributed by atoms with Crippen LogP contribution < -0.4 is 10.6 Å². The number of nitrogens with zero attached hydrogens (tertiary/aromatic N) is 1. The van der Waals surface area contributed by atoms with Gasteiger partial charge in [-0.3, -0.25) is 9.59 Å². The Labute approximate surface area is 198 Å². The molecule has 184 valence electrons. The van der Waals surface area contributed by atoms with Crippen molar-refractivity contribution in [3.8, 4) is 0 Å². The molecule has 1 saturated carbocycles. The Morgan fingerprint density at radius 1 is 1.12 bits per heavy atom. The molecule has 0 aliphatic heterocycles. The molecule has 33 heavy (non-hydrogen) atoms. The van der Waals surface area contributed by atoms with Crippen LogP contribution in [-0.2, 0) is 14.3 Å². The first-order valence-corrected chi connectivity index (χ1v) is 12.1. The van der Waals surface area contributed by atoms with E-state index in [1.54, 1.807) is 32.6 Å². The van der Waals surface area contributed by atoms with Crippen molar-refractivity contribution in [2.24, 2.45) is 0 Å². The van der Waals surface area contributed by atoms with Crippen molar-refractivity contribution in [3.63, 3.8) is 0 Å². The Morgan fingerprint density at radius 3 is 2.30 bits per heavy atom. The summed E-state index contributed by atoms with van der Waals surface area (Å²) < 4.78 is 5.30. The lowest BCUT2D eigenvalue weighted by atomic mass is 9.93. The molecule has 2 rings (SSSR count). The van der Waals surface area contributed by atoms with Gasteiger partial charge in [-0.1, -0.05) is 43.0 Å². The predicted molar refractivity (Wildman–Crippen MR) is 130 cm³/mol. The SMILES string of the molecule is CCN(C(=O)C(C)NC(=O)OC(C)(C)C)C(C(=O)NC1CCCCC1)c1ccc(C)cc1C. The maximum absolute atomic E-state index is 13.6. The van der Waals surface area contributed by atoms with Gasteiger partial charge in [0.05, 0.1) is 0 Å². The molecule has 0 saturated heterocycles. The molecule has 7 nitrogen and oxygen atoms in total. The number of aryl methyl sites for hydroxylation is 2. The van der Waals surface area contributed by atoms with Crippen LogP contribution >= 0.6 is 0 Å². The summed E-state index contributed by atoms with van der Waals surface area (Å²) in [5.74, 6) is -0.499. The van der Waals surface area contributed by atoms with Gasteiger partial charge >= 0.3 is 6.09 Å². The van der Waals surface area contributed by atoms with Crippen molar-refractivity contribution >= 4 is 17.9 Å². The Morgan fingerprint density at radius 2 is 1.76 bits per heavy atom. The number of carbonyl (C=O) groups is 3. The molecule has 1 aliphatic rings. The maximum atomic E-state index is 13.6. The maximum Gasteiger partial charge on any atom is 0.408 e. The molecule has 0 heterocycles. The molecule has 1 aromatic carbocycles. The Kier molecular flexibility index (Phi) is 9.32. The van der Waals surface area contributed by atoms with Crippen LogP contribution in [0.15, 0.2) is 18.2 Å². The highest BCUT2D eigenvalue weighted by atomic mass is 16.6. The molecule has 0 radical (unpaired) electrons. The summed E-state index contributed by atoms with van der Waals surface area (Å²) in [6.45, 7) is 13.1. The van der Waals surface area contributed by atoms with Crippen LogP contribution in [0.3, 0.4) is 0 Å². The molecule has 1 fully saturated rings. The van der Waals surface area contributed by atoms with Gasteiger partial charge in [0, 0.05) is 12.6 Å². The minimum atomic E-state index is -0.837. The molecular weight excluding hydrogens is 418 g/mol. The van der Waals surface area contributed by atoms with E-state index in [0.717, 1.165) is 42.4 Å². The summed E-state index contributed by atoms with van der Waals surface area (Å²) in [5, 5.41) is 5.81. The molecule has 7 heteroatoms. The minimum absolute atomic E-state index is 0.130. The molecule has 1 aliphatic carbocycles. The quantitative estimate of drug-likeness (QED) is 0.626. The molecule has 1 aromatic rings. The number of likely N-dealkylation sites (N-methyl/N-ethyl adjacent to an activating group) is 1. The van der Waals surface area contributed by atoms with E-state index in [9.17, 15) is 14.4 Å². The largest absolute Gasteiger partial charge is 0.444 e. The van der Waals surface area contributed by atoms with Gasteiger partial charge in [-0.25, -0.2) is 4.79 Å². The Balaban J connectivity index is 2.30. The van der Waals surface area contributed by atoms with Crippen LogP contribution in [0, 0.1) is 13.8 Å². The fourth-order valence-electron chi connectivity index (χ4n) is 4.37. The van der Waals surface area contributed by atoms with Gasteiger partial charge in [0.25, 0.3) is 0 Å². The van der Waals surface area contributed by atoms with Crippen LogP contribution in [0.1, 0.15) is 89.5 Å². The number of hydrogen-bond donors (Lipinski definition) is 2. The monoisotopic (exact) mass is 459 g/mol. The van der Waals surface area contributed by atoms with Crippen molar-refractivity contribution in [2.75, 3.05) is 6.54 Å². The second-order valence-electron chi connectivity index (χ2n) is 10.1. The molecule has 2 unspecified atom stereocenters. The third-order valence-electron chi connectivity index (χ3n) is 5.96. The van der Waals surface area contributed by atoms with E-state index in [2.05, 4.69) is 10.6 Å². The molecule has 0 aromatic heterocycles. The van der Waals surface area contributed by atoms with Crippen LogP contribution in [0.2, 0.25) is 0 Å². The fourth-order valence-corrected chi connectivity index (χ4v) is 4.37. The van der Waals surface area contributed by atoms with Gasteiger partial charge in [-0.2, -0.15) is 0 Å². The number of amides is 3. The van der Waals surface area contributed by atoms with E-state index in [1.807, 2.05) is 39.0 Å². The van der Waals surface area contributed by atoms with Crippen molar-refractivity contribution < 1.29 is 19.1 Å². The number of carbonyl (C=O) groups excluding carboxylic acids is 3. The van der Waals surface area contributed by atoms with Gasteiger partial charge in [-0.05, 0) is 72.4 Å². The van der Waals surface area contributed by atoms with Crippen molar-refractivity contribution in [1.29, 1.82) is 0 Å². The number of rotatable bonds is 7. The molecule has 2 atom stereocenters.